The second-order valence-corrected chi connectivity index (χ2v) is 3.22. The minimum atomic E-state index is 0.0670. The first-order valence-corrected chi connectivity index (χ1v) is 4.26. The van der Waals surface area contributed by atoms with Gasteiger partial charge in [0.15, 0.2) is 0 Å². The van der Waals surface area contributed by atoms with Crippen molar-refractivity contribution in [3.05, 3.63) is 24.8 Å². The lowest BCUT2D eigenvalue weighted by Crippen LogP contribution is -2.34. The van der Waals surface area contributed by atoms with Gasteiger partial charge in [-0.1, -0.05) is 12.7 Å². The van der Waals surface area contributed by atoms with Crippen LogP contribution < -0.4 is 0 Å². The van der Waals surface area contributed by atoms with Gasteiger partial charge in [0.1, 0.15) is 0 Å². The zero-order valence-electron chi connectivity index (χ0n) is 7.55. The fourth-order valence-corrected chi connectivity index (χ4v) is 1.53. The third-order valence-electron chi connectivity index (χ3n) is 2.20. The molecule has 0 aromatic heterocycles. The number of carbonyl (C=O) groups excluding carboxylic acids is 1. The molecule has 1 saturated heterocycles. The van der Waals surface area contributed by atoms with Gasteiger partial charge in [0.2, 0.25) is 5.91 Å². The molecule has 0 aromatic carbocycles. The Morgan fingerprint density at radius 1 is 1.67 bits per heavy atom. The highest BCUT2D eigenvalue weighted by Gasteiger charge is 2.26. The maximum absolute atomic E-state index is 11.5. The fraction of sp³-hybridized carbons (Fsp3) is 0.500. The summed E-state index contributed by atoms with van der Waals surface area (Å²) in [5.74, 6) is 0.0670. The maximum Gasteiger partial charge on any atom is 0.249 e. The van der Waals surface area contributed by atoms with Crippen molar-refractivity contribution in [1.29, 1.82) is 0 Å². The highest BCUT2D eigenvalue weighted by Crippen LogP contribution is 2.19. The molecule has 1 fully saturated rings. The summed E-state index contributed by atoms with van der Waals surface area (Å²) in [6.45, 7) is 9.95. The van der Waals surface area contributed by atoms with E-state index >= 15 is 0 Å². The van der Waals surface area contributed by atoms with Crippen LogP contribution in [0.3, 0.4) is 0 Å². The topological polar surface area (TPSA) is 20.3 Å². The Morgan fingerprint density at radius 3 is 2.83 bits per heavy atom. The first-order valence-electron chi connectivity index (χ1n) is 4.26. The second-order valence-electron chi connectivity index (χ2n) is 3.22. The Balaban J connectivity index is 2.67. The van der Waals surface area contributed by atoms with Crippen molar-refractivity contribution < 1.29 is 4.79 Å². The zero-order chi connectivity index (χ0) is 9.14. The molecule has 1 aliphatic rings. The molecule has 2 nitrogen and oxygen atoms in total. The molecule has 1 rings (SSSR count). The normalized spacial score (nSPS) is 22.4. The summed E-state index contributed by atoms with van der Waals surface area (Å²) in [4.78, 5) is 13.3. The van der Waals surface area contributed by atoms with Gasteiger partial charge < -0.3 is 4.90 Å². The van der Waals surface area contributed by atoms with Gasteiger partial charge in [-0.15, -0.1) is 6.58 Å². The molecule has 1 amide bonds. The molecular formula is C10H15NO. The van der Waals surface area contributed by atoms with Crippen molar-refractivity contribution in [3.63, 3.8) is 0 Å². The monoisotopic (exact) mass is 165 g/mol. The van der Waals surface area contributed by atoms with Crippen LogP contribution in [0.2, 0.25) is 0 Å². The molecule has 0 N–H and O–H groups in total. The van der Waals surface area contributed by atoms with E-state index in [9.17, 15) is 4.79 Å². The minimum Gasteiger partial charge on any atom is -0.333 e. The minimum absolute atomic E-state index is 0.0670. The van der Waals surface area contributed by atoms with E-state index in [1.807, 2.05) is 11.0 Å². The first-order chi connectivity index (χ1) is 5.66. The summed E-state index contributed by atoms with van der Waals surface area (Å²) in [5, 5.41) is 0. The Kier molecular flexibility index (Phi) is 2.69. The lowest BCUT2D eigenvalue weighted by molar-refractivity contribution is -0.127. The van der Waals surface area contributed by atoms with Gasteiger partial charge in [0.05, 0.1) is 6.04 Å². The summed E-state index contributed by atoms with van der Waals surface area (Å²) in [6.07, 6.45) is 3.96. The second kappa shape index (κ2) is 3.57. The quantitative estimate of drug-likeness (QED) is 0.451. The van der Waals surface area contributed by atoms with E-state index < -0.39 is 0 Å². The molecule has 0 saturated carbocycles. The first kappa shape index (κ1) is 9.04. The molecule has 0 bridgehead atoms. The smallest absolute Gasteiger partial charge is 0.249 e. The Hall–Kier alpha value is -1.05. The van der Waals surface area contributed by atoms with Gasteiger partial charge >= 0.3 is 0 Å². The van der Waals surface area contributed by atoms with E-state index in [-0.39, 0.29) is 11.9 Å². The summed E-state index contributed by atoms with van der Waals surface area (Å²) in [7, 11) is 0. The van der Waals surface area contributed by atoms with E-state index in [0.29, 0.717) is 5.57 Å². The molecule has 2 heteroatoms. The van der Waals surface area contributed by atoms with Crippen LogP contribution in [0.1, 0.15) is 19.8 Å². The lowest BCUT2D eigenvalue weighted by atomic mass is 10.2. The third-order valence-corrected chi connectivity index (χ3v) is 2.20. The standard InChI is InChI=1S/C10H15NO/c1-4-9-6-5-7-11(9)10(12)8(2)3/h4,9H,1-2,5-7H2,3H3/t9-/m1/s1. The van der Waals surface area contributed by atoms with Crippen LogP contribution in [0.4, 0.5) is 0 Å². The molecule has 1 atom stereocenters. The van der Waals surface area contributed by atoms with Gasteiger partial charge in [-0.25, -0.2) is 0 Å². The SMILES string of the molecule is C=C[C@@H]1CCCN1C(=O)C(=C)C. The Labute approximate surface area is 73.6 Å². The molecule has 0 aliphatic carbocycles. The molecule has 12 heavy (non-hydrogen) atoms. The largest absolute Gasteiger partial charge is 0.333 e. The van der Waals surface area contributed by atoms with Crippen LogP contribution in [0.15, 0.2) is 24.8 Å². The van der Waals surface area contributed by atoms with Crippen molar-refractivity contribution in [2.75, 3.05) is 6.54 Å². The number of hydrogen-bond donors (Lipinski definition) is 0. The number of likely N-dealkylation sites (tertiary alicyclic amines) is 1. The number of amides is 1. The van der Waals surface area contributed by atoms with Crippen molar-refractivity contribution in [2.45, 2.75) is 25.8 Å². The van der Waals surface area contributed by atoms with Gasteiger partial charge in [0.25, 0.3) is 0 Å². The van der Waals surface area contributed by atoms with E-state index in [0.717, 1.165) is 19.4 Å². The van der Waals surface area contributed by atoms with Gasteiger partial charge in [-0.3, -0.25) is 4.79 Å². The highest BCUT2D eigenvalue weighted by atomic mass is 16.2. The van der Waals surface area contributed by atoms with Crippen LogP contribution in [-0.4, -0.2) is 23.4 Å². The zero-order valence-corrected chi connectivity index (χ0v) is 7.55. The Morgan fingerprint density at radius 2 is 2.33 bits per heavy atom. The van der Waals surface area contributed by atoms with Crippen molar-refractivity contribution in [2.24, 2.45) is 0 Å². The van der Waals surface area contributed by atoms with Crippen molar-refractivity contribution in [1.82, 2.24) is 4.90 Å². The predicted molar refractivity (Wildman–Crippen MR) is 49.7 cm³/mol. The van der Waals surface area contributed by atoms with Crippen LogP contribution in [-0.2, 0) is 4.79 Å². The fourth-order valence-electron chi connectivity index (χ4n) is 1.53. The maximum atomic E-state index is 11.5. The van der Waals surface area contributed by atoms with Crippen LogP contribution in [0, 0.1) is 0 Å². The summed E-state index contributed by atoms with van der Waals surface area (Å²) in [5.41, 5.74) is 0.615. The highest BCUT2D eigenvalue weighted by molar-refractivity contribution is 5.92. The molecule has 0 aromatic rings. The third kappa shape index (κ3) is 1.58. The number of nitrogens with zero attached hydrogens (tertiary/aromatic N) is 1. The molecule has 0 spiro atoms. The van der Waals surface area contributed by atoms with E-state index in [4.69, 9.17) is 0 Å². The predicted octanol–water partition coefficient (Wildman–Crippen LogP) is 1.74. The number of hydrogen-bond acceptors (Lipinski definition) is 1. The summed E-state index contributed by atoms with van der Waals surface area (Å²) >= 11 is 0. The van der Waals surface area contributed by atoms with E-state index in [2.05, 4.69) is 13.2 Å². The molecule has 1 aliphatic heterocycles. The number of rotatable bonds is 2. The average molecular weight is 165 g/mol. The summed E-state index contributed by atoms with van der Waals surface area (Å²) in [6, 6.07) is 0.231. The lowest BCUT2D eigenvalue weighted by Gasteiger charge is -2.21. The van der Waals surface area contributed by atoms with Gasteiger partial charge in [-0.2, -0.15) is 0 Å². The van der Waals surface area contributed by atoms with Gasteiger partial charge in [-0.05, 0) is 19.8 Å². The van der Waals surface area contributed by atoms with E-state index in [1.54, 1.807) is 6.92 Å². The van der Waals surface area contributed by atoms with Crippen molar-refractivity contribution in [3.8, 4) is 0 Å². The molecular weight excluding hydrogens is 150 g/mol. The van der Waals surface area contributed by atoms with Gasteiger partial charge in [0, 0.05) is 12.1 Å². The molecule has 0 radical (unpaired) electrons. The number of carbonyl (C=O) groups is 1. The van der Waals surface area contributed by atoms with Crippen LogP contribution in [0.5, 0.6) is 0 Å². The van der Waals surface area contributed by atoms with E-state index in [1.165, 1.54) is 0 Å². The molecule has 1 heterocycles. The van der Waals surface area contributed by atoms with Crippen molar-refractivity contribution >= 4 is 5.91 Å². The molecule has 0 unspecified atom stereocenters. The van der Waals surface area contributed by atoms with Crippen LogP contribution >= 0.6 is 0 Å². The molecule has 66 valence electrons. The Bertz CT molecular complexity index is 220. The average Bonchev–Trinajstić information content (AvgIpc) is 2.49. The summed E-state index contributed by atoms with van der Waals surface area (Å²) < 4.78 is 0. The van der Waals surface area contributed by atoms with Crippen LogP contribution in [0.25, 0.3) is 0 Å².